The minimum atomic E-state index is 0.233. The Balaban J connectivity index is 1.04. The molecule has 2 heterocycles. The van der Waals surface area contributed by atoms with Crippen LogP contribution in [0.15, 0.2) is 60.7 Å². The van der Waals surface area contributed by atoms with Crippen molar-refractivity contribution in [3.8, 4) is 11.5 Å². The smallest absolute Gasteiger partial charge is 0.141 e. The van der Waals surface area contributed by atoms with Crippen molar-refractivity contribution in [1.82, 2.24) is 20.6 Å². The van der Waals surface area contributed by atoms with Crippen molar-refractivity contribution < 1.29 is 10.2 Å². The Morgan fingerprint density at radius 3 is 1.48 bits per heavy atom. The fraction of sp³-hybridized carbons (Fsp3) is 0.333. The maximum Gasteiger partial charge on any atom is 0.141 e. The third-order valence-electron chi connectivity index (χ3n) is 5.83. The lowest BCUT2D eigenvalue weighted by atomic mass is 10.1. The average molecular weight is 445 g/mol. The molecule has 0 aliphatic heterocycles. The largest absolute Gasteiger partial charge is 0.506 e. The maximum absolute atomic E-state index is 9.95. The number of pyridine rings is 2. The van der Waals surface area contributed by atoms with Crippen LogP contribution in [0.2, 0.25) is 0 Å². The van der Waals surface area contributed by atoms with E-state index >= 15 is 0 Å². The number of para-hydroxylation sites is 2. The molecule has 4 aromatic rings. The van der Waals surface area contributed by atoms with Crippen molar-refractivity contribution in [1.29, 1.82) is 0 Å². The highest BCUT2D eigenvalue weighted by atomic mass is 16.3. The monoisotopic (exact) mass is 444 g/mol. The summed E-state index contributed by atoms with van der Waals surface area (Å²) >= 11 is 0. The number of phenols is 2. The molecule has 0 unspecified atom stereocenters. The summed E-state index contributed by atoms with van der Waals surface area (Å²) in [6.07, 6.45) is 5.95. The van der Waals surface area contributed by atoms with Gasteiger partial charge in [0.05, 0.1) is 11.4 Å². The minimum absolute atomic E-state index is 0.233. The zero-order chi connectivity index (χ0) is 22.9. The Labute approximate surface area is 194 Å². The van der Waals surface area contributed by atoms with Crippen LogP contribution in [0.1, 0.15) is 43.5 Å². The van der Waals surface area contributed by atoms with Crippen LogP contribution in [-0.4, -0.2) is 33.3 Å². The summed E-state index contributed by atoms with van der Waals surface area (Å²) in [5.41, 5.74) is 3.23. The number of hydrogen-bond acceptors (Lipinski definition) is 6. The van der Waals surface area contributed by atoms with Crippen LogP contribution in [0.25, 0.3) is 21.8 Å². The molecule has 0 amide bonds. The van der Waals surface area contributed by atoms with Crippen molar-refractivity contribution in [3.63, 3.8) is 0 Å². The Hall–Kier alpha value is -3.22. The van der Waals surface area contributed by atoms with Crippen molar-refractivity contribution in [2.24, 2.45) is 0 Å². The Morgan fingerprint density at radius 1 is 0.545 bits per heavy atom. The summed E-state index contributed by atoms with van der Waals surface area (Å²) < 4.78 is 0. The van der Waals surface area contributed by atoms with Gasteiger partial charge in [0.1, 0.15) is 22.5 Å². The van der Waals surface area contributed by atoms with Crippen molar-refractivity contribution >= 4 is 21.8 Å². The van der Waals surface area contributed by atoms with Gasteiger partial charge in [0, 0.05) is 23.9 Å². The predicted octanol–water partition coefficient (Wildman–Crippen LogP) is 5.02. The van der Waals surface area contributed by atoms with E-state index in [1.807, 2.05) is 48.5 Å². The minimum Gasteiger partial charge on any atom is -0.506 e. The first-order valence-electron chi connectivity index (χ1n) is 11.8. The van der Waals surface area contributed by atoms with E-state index < -0.39 is 0 Å². The lowest BCUT2D eigenvalue weighted by molar-refractivity contribution is 0.479. The third-order valence-corrected chi connectivity index (χ3v) is 5.83. The second-order valence-electron chi connectivity index (χ2n) is 8.42. The van der Waals surface area contributed by atoms with Crippen LogP contribution in [-0.2, 0) is 13.1 Å². The summed E-state index contributed by atoms with van der Waals surface area (Å²) in [6, 6.07) is 19.0. The molecular formula is C27H32N4O2. The molecule has 6 heteroatoms. The number of fused-ring (bicyclic) bond motifs is 2. The highest BCUT2D eigenvalue weighted by Gasteiger charge is 2.04. The molecule has 2 aromatic heterocycles. The highest BCUT2D eigenvalue weighted by Crippen LogP contribution is 2.23. The molecule has 0 bridgehead atoms. The molecule has 0 radical (unpaired) electrons. The van der Waals surface area contributed by atoms with Gasteiger partial charge >= 0.3 is 0 Å². The zero-order valence-electron chi connectivity index (χ0n) is 18.9. The number of unbranched alkanes of at least 4 members (excludes halogenated alkanes) is 4. The first kappa shape index (κ1) is 23.0. The number of rotatable bonds is 12. The van der Waals surface area contributed by atoms with Gasteiger partial charge in [-0.1, -0.05) is 55.7 Å². The highest BCUT2D eigenvalue weighted by molar-refractivity contribution is 5.84. The lowest BCUT2D eigenvalue weighted by Gasteiger charge is -2.07. The summed E-state index contributed by atoms with van der Waals surface area (Å²) in [6.45, 7) is 3.38. The molecule has 0 fully saturated rings. The molecule has 0 spiro atoms. The quantitative estimate of drug-likeness (QED) is 0.229. The molecule has 0 atom stereocenters. The average Bonchev–Trinajstić information content (AvgIpc) is 2.83. The van der Waals surface area contributed by atoms with E-state index in [1.54, 1.807) is 12.1 Å². The van der Waals surface area contributed by atoms with Gasteiger partial charge in [-0.05, 0) is 50.2 Å². The van der Waals surface area contributed by atoms with Crippen molar-refractivity contribution in [2.75, 3.05) is 13.1 Å². The number of aromatic nitrogens is 2. The maximum atomic E-state index is 9.95. The van der Waals surface area contributed by atoms with E-state index in [2.05, 4.69) is 20.6 Å². The summed E-state index contributed by atoms with van der Waals surface area (Å²) in [7, 11) is 0. The number of phenolic OH excluding ortho intramolecular Hbond substituents is 2. The first-order valence-corrected chi connectivity index (χ1v) is 11.8. The van der Waals surface area contributed by atoms with Crippen molar-refractivity contribution in [2.45, 2.75) is 45.2 Å². The van der Waals surface area contributed by atoms with Crippen molar-refractivity contribution in [3.05, 3.63) is 72.1 Å². The third kappa shape index (κ3) is 6.40. The number of aromatic hydroxyl groups is 2. The van der Waals surface area contributed by atoms with Gasteiger partial charge in [0.2, 0.25) is 0 Å². The Kier molecular flexibility index (Phi) is 8.06. The van der Waals surface area contributed by atoms with Crippen LogP contribution < -0.4 is 10.6 Å². The predicted molar refractivity (Wildman–Crippen MR) is 133 cm³/mol. The molecule has 0 saturated carbocycles. The first-order chi connectivity index (χ1) is 16.2. The van der Waals surface area contributed by atoms with Gasteiger partial charge in [-0.3, -0.25) is 0 Å². The zero-order valence-corrected chi connectivity index (χ0v) is 18.9. The summed E-state index contributed by atoms with van der Waals surface area (Å²) in [5, 5.41) is 28.7. The van der Waals surface area contributed by atoms with E-state index in [0.29, 0.717) is 11.0 Å². The van der Waals surface area contributed by atoms with Gasteiger partial charge in [-0.15, -0.1) is 0 Å². The van der Waals surface area contributed by atoms with E-state index in [4.69, 9.17) is 0 Å². The van der Waals surface area contributed by atoms with Crippen LogP contribution in [0.4, 0.5) is 0 Å². The number of hydrogen-bond donors (Lipinski definition) is 4. The molecule has 4 rings (SSSR count). The summed E-state index contributed by atoms with van der Waals surface area (Å²) in [4.78, 5) is 9.11. The van der Waals surface area contributed by atoms with Crippen LogP contribution >= 0.6 is 0 Å². The van der Waals surface area contributed by atoms with E-state index in [9.17, 15) is 10.2 Å². The summed E-state index contributed by atoms with van der Waals surface area (Å²) in [5.74, 6) is 0.466. The molecule has 0 aliphatic rings. The van der Waals surface area contributed by atoms with Crippen LogP contribution in [0.5, 0.6) is 11.5 Å². The van der Waals surface area contributed by atoms with Gasteiger partial charge in [0.25, 0.3) is 0 Å². The van der Waals surface area contributed by atoms with E-state index in [-0.39, 0.29) is 11.5 Å². The fourth-order valence-corrected chi connectivity index (χ4v) is 4.00. The van der Waals surface area contributed by atoms with E-state index in [0.717, 1.165) is 61.2 Å². The second-order valence-corrected chi connectivity index (χ2v) is 8.42. The molecule has 6 nitrogen and oxygen atoms in total. The van der Waals surface area contributed by atoms with Crippen LogP contribution in [0, 0.1) is 0 Å². The number of nitrogens with one attached hydrogen (secondary N) is 2. The normalized spacial score (nSPS) is 11.4. The van der Waals surface area contributed by atoms with Gasteiger partial charge in [-0.2, -0.15) is 0 Å². The SMILES string of the molecule is Oc1cccc2ccc(CNCCCCCCCNCc3ccc4cccc(O)c4n3)nc12. The molecule has 0 saturated heterocycles. The fourth-order valence-electron chi connectivity index (χ4n) is 4.00. The van der Waals surface area contributed by atoms with E-state index in [1.165, 1.54) is 19.3 Å². The number of nitrogens with zero attached hydrogens (tertiary/aromatic N) is 2. The van der Waals surface area contributed by atoms with Gasteiger partial charge < -0.3 is 20.8 Å². The van der Waals surface area contributed by atoms with Gasteiger partial charge in [-0.25, -0.2) is 9.97 Å². The molecule has 2 aromatic carbocycles. The Bertz CT molecular complexity index is 1100. The molecule has 33 heavy (non-hydrogen) atoms. The molecular weight excluding hydrogens is 412 g/mol. The molecule has 0 aliphatic carbocycles. The van der Waals surface area contributed by atoms with Gasteiger partial charge in [0.15, 0.2) is 0 Å². The molecule has 172 valence electrons. The lowest BCUT2D eigenvalue weighted by Crippen LogP contribution is -2.16. The number of benzene rings is 2. The topological polar surface area (TPSA) is 90.3 Å². The van der Waals surface area contributed by atoms with Crippen LogP contribution in [0.3, 0.4) is 0 Å². The Morgan fingerprint density at radius 2 is 1.00 bits per heavy atom. The second kappa shape index (κ2) is 11.6. The standard InChI is InChI=1S/C27H32N4O2/c32-24-10-6-8-20-12-14-22(30-26(20)24)18-28-16-4-2-1-3-5-17-29-19-23-15-13-21-9-7-11-25(33)27(21)31-23/h6-15,28-29,32-33H,1-5,16-19H2. The molecule has 4 N–H and O–H groups in total.